The maximum atomic E-state index is 14.7. The van der Waals surface area contributed by atoms with Crippen molar-refractivity contribution >= 4 is 53.2 Å². The third-order valence-corrected chi connectivity index (χ3v) is 17.0. The molecule has 0 radical (unpaired) electrons. The average molecular weight is 1120 g/mol. The van der Waals surface area contributed by atoms with Crippen molar-refractivity contribution in [3.05, 3.63) is 35.9 Å². The van der Waals surface area contributed by atoms with Gasteiger partial charge in [-0.2, -0.15) is 0 Å². The molecule has 1 aliphatic carbocycles. The second kappa shape index (κ2) is 30.5. The van der Waals surface area contributed by atoms with Crippen molar-refractivity contribution in [2.75, 3.05) is 61.1 Å². The van der Waals surface area contributed by atoms with E-state index in [9.17, 15) is 43.2 Å². The fourth-order valence-corrected chi connectivity index (χ4v) is 12.1. The number of hydrogen-bond acceptors (Lipinski definition) is 13. The third kappa shape index (κ3) is 16.6. The molecule has 1 saturated carbocycles. The first kappa shape index (κ1) is 65.3. The highest BCUT2D eigenvalue weighted by Gasteiger charge is 2.64. The molecule has 4 fully saturated rings. The van der Waals surface area contributed by atoms with Gasteiger partial charge in [-0.05, 0) is 88.3 Å². The van der Waals surface area contributed by atoms with Gasteiger partial charge in [-0.25, -0.2) is 5.06 Å². The molecule has 5 rings (SSSR count). The second-order valence-corrected chi connectivity index (χ2v) is 23.6. The largest absolute Gasteiger partial charge is 0.379 e. The molecule has 3 aliphatic heterocycles. The molecule has 3 saturated heterocycles. The van der Waals surface area contributed by atoms with Crippen LogP contribution in [-0.2, 0) is 57.5 Å². The first-order chi connectivity index (χ1) is 38.0. The maximum Gasteiger partial charge on any atom is 0.272 e. The molecule has 1 aromatic carbocycles. The molecule has 0 spiro atoms. The third-order valence-electron chi connectivity index (χ3n) is 17.0. The van der Waals surface area contributed by atoms with E-state index in [2.05, 4.69) is 21.5 Å². The summed E-state index contributed by atoms with van der Waals surface area (Å²) in [7, 11) is 6.56. The van der Waals surface area contributed by atoms with Crippen molar-refractivity contribution in [1.82, 2.24) is 46.1 Å². The van der Waals surface area contributed by atoms with Gasteiger partial charge in [-0.1, -0.05) is 98.6 Å². The van der Waals surface area contributed by atoms with E-state index in [1.54, 1.807) is 37.7 Å². The number of unbranched alkanes of at least 4 members (excludes halogenated alkanes) is 2. The van der Waals surface area contributed by atoms with Crippen molar-refractivity contribution in [3.63, 3.8) is 0 Å². The Balaban J connectivity index is 1.15. The van der Waals surface area contributed by atoms with Gasteiger partial charge < -0.3 is 29.9 Å². The Morgan fingerprint density at radius 3 is 2.08 bits per heavy atom. The quantitative estimate of drug-likeness (QED) is 0.0472. The van der Waals surface area contributed by atoms with Crippen molar-refractivity contribution in [1.29, 1.82) is 0 Å². The van der Waals surface area contributed by atoms with E-state index in [0.29, 0.717) is 84.2 Å². The molecule has 9 amide bonds. The van der Waals surface area contributed by atoms with Crippen molar-refractivity contribution in [3.8, 4) is 0 Å². The van der Waals surface area contributed by atoms with Crippen LogP contribution in [0.1, 0.15) is 157 Å². The van der Waals surface area contributed by atoms with Crippen LogP contribution in [0.4, 0.5) is 0 Å². The molecular formula is C59H95N9O12. The predicted octanol–water partition coefficient (Wildman–Crippen LogP) is 4.48. The molecule has 448 valence electrons. The van der Waals surface area contributed by atoms with Crippen LogP contribution in [0.3, 0.4) is 0 Å². The second-order valence-electron chi connectivity index (χ2n) is 23.6. The van der Waals surface area contributed by atoms with Crippen LogP contribution < -0.4 is 21.5 Å². The molecule has 4 aliphatic rings. The van der Waals surface area contributed by atoms with Gasteiger partial charge in [0.15, 0.2) is 0 Å². The van der Waals surface area contributed by atoms with Gasteiger partial charge >= 0.3 is 0 Å². The van der Waals surface area contributed by atoms with E-state index >= 15 is 0 Å². The molecule has 4 N–H and O–H groups in total. The van der Waals surface area contributed by atoms with E-state index in [1.807, 2.05) is 76.8 Å². The summed E-state index contributed by atoms with van der Waals surface area (Å²) in [6, 6.07) is 7.11. The summed E-state index contributed by atoms with van der Waals surface area (Å²) >= 11 is 0. The number of imide groups is 1. The van der Waals surface area contributed by atoms with Gasteiger partial charge in [0.25, 0.3) is 5.91 Å². The number of methoxy groups -OCH3 is 2. The molecule has 1 unspecified atom stereocenters. The Morgan fingerprint density at radius 2 is 1.50 bits per heavy atom. The number of hydroxylamine groups is 2. The number of likely N-dealkylation sites (N-methyl/N-ethyl adjacent to an activating group) is 2. The van der Waals surface area contributed by atoms with E-state index in [-0.39, 0.29) is 108 Å². The Morgan fingerprint density at radius 1 is 0.825 bits per heavy atom. The Hall–Kier alpha value is -5.51. The first-order valence-corrected chi connectivity index (χ1v) is 29.4. The van der Waals surface area contributed by atoms with E-state index in [1.165, 1.54) is 24.2 Å². The van der Waals surface area contributed by atoms with Gasteiger partial charge in [0.05, 0.1) is 49.3 Å². The summed E-state index contributed by atoms with van der Waals surface area (Å²) in [4.78, 5) is 134. The molecule has 80 heavy (non-hydrogen) atoms. The summed E-state index contributed by atoms with van der Waals surface area (Å²) in [5, 5.41) is 7.62. The van der Waals surface area contributed by atoms with Crippen molar-refractivity contribution < 1.29 is 57.5 Å². The van der Waals surface area contributed by atoms with Gasteiger partial charge in [-0.3, -0.25) is 68.6 Å². The van der Waals surface area contributed by atoms with Gasteiger partial charge in [0.1, 0.15) is 11.6 Å². The molecule has 3 heterocycles. The Bertz CT molecular complexity index is 2280. The molecule has 21 heteroatoms. The minimum atomic E-state index is -1.17. The minimum absolute atomic E-state index is 0.0552. The topological polar surface area (TPSA) is 246 Å². The zero-order valence-corrected chi connectivity index (χ0v) is 49.9. The molecule has 0 aromatic heterocycles. The van der Waals surface area contributed by atoms with Crippen LogP contribution in [0.15, 0.2) is 30.3 Å². The van der Waals surface area contributed by atoms with Crippen LogP contribution in [0, 0.1) is 29.6 Å². The van der Waals surface area contributed by atoms with Crippen molar-refractivity contribution in [2.24, 2.45) is 29.6 Å². The summed E-state index contributed by atoms with van der Waals surface area (Å²) in [6.45, 7) is 17.2. The zero-order valence-electron chi connectivity index (χ0n) is 49.9. The lowest BCUT2D eigenvalue weighted by Gasteiger charge is -2.41. The number of ether oxygens (including phenoxy) is 2. The van der Waals surface area contributed by atoms with Crippen LogP contribution in [-0.4, -0.2) is 181 Å². The number of hydrogen-bond donors (Lipinski definition) is 4. The van der Waals surface area contributed by atoms with Crippen LogP contribution in [0.2, 0.25) is 0 Å². The normalized spacial score (nSPS) is 22.8. The standard InChI is InChI=1S/C59H95N9O12/c1-13-39(6)52(45(78-11)35-49(72)66-31-22-26-44(66)53(79-12)41(8)54(73)61-59(58(77)68-32-20-21-33-80-68)36-43(59)42-24-16-14-17-25-42)65(10)57(76)50(37(2)3)60-55(74)51(38(4)5)64(9)29-23-28-47(70)63-62-46(69)27-18-15-19-30-67-48(71)34-40(7)56(67)75/h14,16-17,24-25,37-41,43-45,50-53H,13,15,18-23,26-36H2,1-12H3,(H,60,74)(H,61,73)(H,62,69)(H,63,70)/t39-,40?,41+,43+,44-,45+,50-,51-,52-,53+,59-/m0/s1. The summed E-state index contributed by atoms with van der Waals surface area (Å²) in [5.74, 6) is -4.38. The average Bonchev–Trinajstić information content (AvgIpc) is 3.88. The summed E-state index contributed by atoms with van der Waals surface area (Å²) in [5.41, 5.74) is 4.68. The fraction of sp³-hybridized carbons (Fsp3) is 0.746. The zero-order chi connectivity index (χ0) is 59.0. The van der Waals surface area contributed by atoms with Crippen molar-refractivity contribution in [2.45, 2.75) is 193 Å². The summed E-state index contributed by atoms with van der Waals surface area (Å²) in [6.07, 6.45) is 5.22. The maximum absolute atomic E-state index is 14.7. The summed E-state index contributed by atoms with van der Waals surface area (Å²) < 4.78 is 12.2. The first-order valence-electron chi connectivity index (χ1n) is 29.4. The predicted molar refractivity (Wildman–Crippen MR) is 300 cm³/mol. The number of nitrogens with zero attached hydrogens (tertiary/aromatic N) is 5. The minimum Gasteiger partial charge on any atom is -0.379 e. The van der Waals surface area contributed by atoms with Gasteiger partial charge in [-0.15, -0.1) is 0 Å². The highest BCUT2D eigenvalue weighted by atomic mass is 16.7. The van der Waals surface area contributed by atoms with E-state index < -0.39 is 47.8 Å². The number of hydrazine groups is 1. The molecule has 1 aromatic rings. The smallest absolute Gasteiger partial charge is 0.272 e. The van der Waals surface area contributed by atoms with Crippen LogP contribution in [0.5, 0.6) is 0 Å². The lowest BCUT2D eigenvalue weighted by Crippen LogP contribution is -2.60. The molecule has 0 bridgehead atoms. The van der Waals surface area contributed by atoms with Crippen LogP contribution >= 0.6 is 0 Å². The highest BCUT2D eigenvalue weighted by molar-refractivity contribution is 6.03. The number of amides is 9. The Labute approximate surface area is 474 Å². The molecule has 21 nitrogen and oxygen atoms in total. The number of benzene rings is 1. The number of carbonyl (C=O) groups excluding carboxylic acids is 9. The SMILES string of the molecule is CC[C@H](C)[C@@H]([C@@H](CC(=O)N1CCC[C@H]1[C@H](OC)[C@@H](C)C(=O)N[C@@]1(C(=O)N2CCCCO2)C[C@@H]1c1ccccc1)OC)N(C)C(=O)[C@@H](NC(=O)[C@H](C(C)C)N(C)CCCC(=O)NNC(=O)CCCCCN1C(=O)CC(C)C1=O)C(C)C. The number of nitrogens with one attached hydrogen (secondary N) is 4. The fourth-order valence-electron chi connectivity index (χ4n) is 12.1. The number of rotatable bonds is 30. The number of likely N-dealkylation sites (tertiary alicyclic amines) is 2. The molecule has 11 atom stereocenters. The van der Waals surface area contributed by atoms with Crippen LogP contribution in [0.25, 0.3) is 0 Å². The van der Waals surface area contributed by atoms with E-state index in [4.69, 9.17) is 14.3 Å². The van der Waals surface area contributed by atoms with Gasteiger partial charge in [0.2, 0.25) is 47.3 Å². The Kier molecular flexibility index (Phi) is 24.9. The van der Waals surface area contributed by atoms with Gasteiger partial charge in [0, 0.05) is 72.0 Å². The molecular weight excluding hydrogens is 1030 g/mol. The number of carbonyl (C=O) groups is 9. The highest BCUT2D eigenvalue weighted by Crippen LogP contribution is 2.53. The monoisotopic (exact) mass is 1120 g/mol. The lowest BCUT2D eigenvalue weighted by molar-refractivity contribution is -0.200. The van der Waals surface area contributed by atoms with E-state index in [0.717, 1.165) is 18.4 Å². The lowest BCUT2D eigenvalue weighted by atomic mass is 9.89.